The number of fused-ring (bicyclic) bond motifs is 1. The van der Waals surface area contributed by atoms with Crippen LogP contribution in [0.25, 0.3) is 10.9 Å². The number of likely N-dealkylation sites (tertiary alicyclic amines) is 1. The number of ether oxygens (including phenoxy) is 1. The number of aromatic nitrogens is 2. The molecule has 7 nitrogen and oxygen atoms in total. The highest BCUT2D eigenvalue weighted by Crippen LogP contribution is 2.34. The fourth-order valence-corrected chi connectivity index (χ4v) is 4.07. The molecule has 1 aromatic heterocycles. The lowest BCUT2D eigenvalue weighted by atomic mass is 10.1. The van der Waals surface area contributed by atoms with E-state index in [1.165, 1.54) is 49.9 Å². The zero-order valence-electron chi connectivity index (χ0n) is 19.1. The Kier molecular flexibility index (Phi) is 8.44. The first-order valence-corrected chi connectivity index (χ1v) is 11.8. The molecule has 0 saturated carbocycles. The van der Waals surface area contributed by atoms with Crippen molar-refractivity contribution in [1.29, 1.82) is 0 Å². The molecule has 2 aromatic carbocycles. The van der Waals surface area contributed by atoms with Gasteiger partial charge in [0.15, 0.2) is 0 Å². The highest BCUT2D eigenvalue weighted by atomic mass is 35.5. The van der Waals surface area contributed by atoms with Crippen LogP contribution in [0.1, 0.15) is 19.3 Å². The Hall–Kier alpha value is -3.30. The molecule has 3 aromatic rings. The first-order chi connectivity index (χ1) is 17.0. The summed E-state index contributed by atoms with van der Waals surface area (Å²) in [5, 5.41) is 6.45. The van der Waals surface area contributed by atoms with Crippen molar-refractivity contribution in [1.82, 2.24) is 14.9 Å². The smallest absolute Gasteiger partial charge is 0.248 e. The monoisotopic (exact) mass is 501 g/mol. The molecule has 0 aliphatic carbocycles. The predicted molar refractivity (Wildman–Crippen MR) is 134 cm³/mol. The molecule has 0 unspecified atom stereocenters. The third-order valence-electron chi connectivity index (χ3n) is 5.59. The molecule has 4 rings (SSSR count). The number of nitrogens with zero attached hydrogens (tertiary/aromatic N) is 3. The van der Waals surface area contributed by atoms with E-state index in [1.807, 2.05) is 6.08 Å². The lowest BCUT2D eigenvalue weighted by molar-refractivity contribution is -0.111. The van der Waals surface area contributed by atoms with Gasteiger partial charge >= 0.3 is 0 Å². The number of piperidine rings is 1. The van der Waals surface area contributed by atoms with Gasteiger partial charge in [0.1, 0.15) is 37.0 Å². The highest BCUT2D eigenvalue weighted by Gasteiger charge is 2.14. The number of rotatable bonds is 9. The van der Waals surface area contributed by atoms with E-state index in [4.69, 9.17) is 16.3 Å². The van der Waals surface area contributed by atoms with E-state index in [9.17, 15) is 13.6 Å². The van der Waals surface area contributed by atoms with Crippen LogP contribution in [0.5, 0.6) is 5.75 Å². The van der Waals surface area contributed by atoms with Gasteiger partial charge in [0.25, 0.3) is 0 Å². The van der Waals surface area contributed by atoms with Gasteiger partial charge in [-0.2, -0.15) is 0 Å². The number of amides is 1. The molecule has 0 bridgehead atoms. The molecule has 2 N–H and O–H groups in total. The van der Waals surface area contributed by atoms with Crippen molar-refractivity contribution >= 4 is 45.6 Å². The second-order valence-corrected chi connectivity index (χ2v) is 8.54. The Bertz CT molecular complexity index is 1220. The minimum atomic E-state index is -0.678. The molecule has 0 spiro atoms. The minimum Gasteiger partial charge on any atom is -0.489 e. The summed E-state index contributed by atoms with van der Waals surface area (Å²) in [4.78, 5) is 23.5. The van der Waals surface area contributed by atoms with Crippen molar-refractivity contribution in [2.45, 2.75) is 19.3 Å². The van der Waals surface area contributed by atoms with E-state index in [1.54, 1.807) is 12.1 Å². The second kappa shape index (κ2) is 11.9. The number of alkyl halides is 1. The molecule has 1 aliphatic rings. The number of anilines is 3. The Balaban J connectivity index is 1.58. The van der Waals surface area contributed by atoms with Crippen LogP contribution in [-0.4, -0.2) is 53.7 Å². The van der Waals surface area contributed by atoms with Crippen LogP contribution in [0, 0.1) is 5.82 Å². The Morgan fingerprint density at radius 1 is 1.17 bits per heavy atom. The maximum absolute atomic E-state index is 13.5. The zero-order valence-corrected chi connectivity index (χ0v) is 19.8. The molecular weight excluding hydrogens is 476 g/mol. The number of carbonyl (C=O) groups excluding carboxylic acids is 1. The van der Waals surface area contributed by atoms with Crippen LogP contribution < -0.4 is 15.4 Å². The Labute approximate surface area is 207 Å². The SMILES string of the molecule is O=C(C=CCN1CCCCC1)Nc1cc2c(Nc3ccc(F)c(Cl)c3)ncnc2cc1OCCF. The standard InChI is InChI=1S/C25H26ClF2N5O2/c26-19-13-17(6-7-20(19)28)31-25-18-14-22(23(35-12-8-27)15-21(18)29-16-30-25)32-24(34)5-4-11-33-9-2-1-3-10-33/h4-7,13-16H,1-3,8-12H2,(H,32,34)(H,29,30,31). The third-order valence-corrected chi connectivity index (χ3v) is 5.88. The molecule has 1 aliphatic heterocycles. The molecule has 184 valence electrons. The summed E-state index contributed by atoms with van der Waals surface area (Å²) < 4.78 is 31.8. The quantitative estimate of drug-likeness (QED) is 0.377. The normalized spacial score (nSPS) is 14.4. The van der Waals surface area contributed by atoms with Gasteiger partial charge in [0.05, 0.1) is 16.2 Å². The molecule has 0 atom stereocenters. The summed E-state index contributed by atoms with van der Waals surface area (Å²) in [6.07, 6.45) is 8.27. The Morgan fingerprint density at radius 2 is 2.00 bits per heavy atom. The largest absolute Gasteiger partial charge is 0.489 e. The van der Waals surface area contributed by atoms with Gasteiger partial charge in [0, 0.05) is 29.8 Å². The average Bonchev–Trinajstić information content (AvgIpc) is 2.86. The van der Waals surface area contributed by atoms with Crippen LogP contribution in [0.15, 0.2) is 48.8 Å². The number of hydrogen-bond acceptors (Lipinski definition) is 6. The number of nitrogens with one attached hydrogen (secondary N) is 2. The molecular formula is C25H26ClF2N5O2. The molecule has 1 fully saturated rings. The number of hydrogen-bond donors (Lipinski definition) is 2. The van der Waals surface area contributed by atoms with E-state index in [0.29, 0.717) is 40.4 Å². The van der Waals surface area contributed by atoms with Crippen LogP contribution in [0.2, 0.25) is 5.02 Å². The fourth-order valence-electron chi connectivity index (χ4n) is 3.88. The van der Waals surface area contributed by atoms with Crippen molar-refractivity contribution in [3.05, 3.63) is 59.7 Å². The molecule has 10 heteroatoms. The molecule has 0 radical (unpaired) electrons. The maximum Gasteiger partial charge on any atom is 0.248 e. The maximum atomic E-state index is 13.5. The first-order valence-electron chi connectivity index (χ1n) is 11.4. The van der Waals surface area contributed by atoms with Gasteiger partial charge in [-0.25, -0.2) is 18.7 Å². The van der Waals surface area contributed by atoms with Crippen molar-refractivity contribution in [2.24, 2.45) is 0 Å². The zero-order chi connectivity index (χ0) is 24.6. The van der Waals surface area contributed by atoms with Gasteiger partial charge < -0.3 is 15.4 Å². The topological polar surface area (TPSA) is 79.4 Å². The lowest BCUT2D eigenvalue weighted by Gasteiger charge is -2.24. The fraction of sp³-hybridized carbons (Fsp3) is 0.320. The summed E-state index contributed by atoms with van der Waals surface area (Å²) in [5.74, 6) is -0.144. The van der Waals surface area contributed by atoms with Crippen LogP contribution in [0.3, 0.4) is 0 Å². The lowest BCUT2D eigenvalue weighted by Crippen LogP contribution is -2.29. The van der Waals surface area contributed by atoms with Crippen LogP contribution in [0.4, 0.5) is 26.0 Å². The van der Waals surface area contributed by atoms with E-state index >= 15 is 0 Å². The van der Waals surface area contributed by atoms with Gasteiger partial charge in [-0.1, -0.05) is 24.1 Å². The number of halogens is 3. The van der Waals surface area contributed by atoms with Crippen molar-refractivity contribution in [3.8, 4) is 5.75 Å². The van der Waals surface area contributed by atoms with Gasteiger partial charge in [-0.15, -0.1) is 0 Å². The van der Waals surface area contributed by atoms with Crippen LogP contribution >= 0.6 is 11.6 Å². The van der Waals surface area contributed by atoms with Gasteiger partial charge in [-0.05, 0) is 50.2 Å². The Morgan fingerprint density at radius 3 is 2.77 bits per heavy atom. The second-order valence-electron chi connectivity index (χ2n) is 8.13. The third kappa shape index (κ3) is 6.64. The molecule has 1 saturated heterocycles. The first kappa shape index (κ1) is 24.8. The average molecular weight is 502 g/mol. The number of carbonyl (C=O) groups is 1. The molecule has 1 amide bonds. The summed E-state index contributed by atoms with van der Waals surface area (Å²) >= 11 is 5.89. The summed E-state index contributed by atoms with van der Waals surface area (Å²) in [6.45, 7) is 1.94. The summed E-state index contributed by atoms with van der Waals surface area (Å²) in [5.41, 5.74) is 1.40. The van der Waals surface area contributed by atoms with E-state index in [2.05, 4.69) is 25.5 Å². The van der Waals surface area contributed by atoms with E-state index in [-0.39, 0.29) is 17.5 Å². The van der Waals surface area contributed by atoms with E-state index in [0.717, 1.165) is 13.1 Å². The van der Waals surface area contributed by atoms with Crippen molar-refractivity contribution in [3.63, 3.8) is 0 Å². The van der Waals surface area contributed by atoms with Crippen molar-refractivity contribution < 1.29 is 18.3 Å². The van der Waals surface area contributed by atoms with Crippen molar-refractivity contribution in [2.75, 3.05) is 43.5 Å². The van der Waals surface area contributed by atoms with Gasteiger partial charge in [-0.3, -0.25) is 9.69 Å². The minimum absolute atomic E-state index is 0.0282. The number of benzene rings is 2. The molecule has 35 heavy (non-hydrogen) atoms. The predicted octanol–water partition coefficient (Wildman–Crippen LogP) is 5.49. The van der Waals surface area contributed by atoms with Gasteiger partial charge in [0.2, 0.25) is 5.91 Å². The van der Waals surface area contributed by atoms with E-state index < -0.39 is 12.5 Å². The summed E-state index contributed by atoms with van der Waals surface area (Å²) in [7, 11) is 0. The highest BCUT2D eigenvalue weighted by molar-refractivity contribution is 6.31. The van der Waals surface area contributed by atoms with Crippen LogP contribution in [-0.2, 0) is 4.79 Å². The molecule has 2 heterocycles. The summed E-state index contributed by atoms with van der Waals surface area (Å²) in [6, 6.07) is 7.50.